The Bertz CT molecular complexity index is 313. The van der Waals surface area contributed by atoms with E-state index in [2.05, 4.69) is 0 Å². The fourth-order valence-corrected chi connectivity index (χ4v) is 1.56. The molecule has 0 aliphatic heterocycles. The molecule has 0 fully saturated rings. The van der Waals surface area contributed by atoms with E-state index in [1.807, 2.05) is 6.92 Å². The average molecular weight is 210 g/mol. The Morgan fingerprint density at radius 2 is 2.13 bits per heavy atom. The third kappa shape index (κ3) is 3.42. The first-order chi connectivity index (χ1) is 7.00. The van der Waals surface area contributed by atoms with Gasteiger partial charge in [-0.25, -0.2) is 0 Å². The summed E-state index contributed by atoms with van der Waals surface area (Å²) in [5, 5.41) is 18.5. The van der Waals surface area contributed by atoms with Crippen molar-refractivity contribution in [2.75, 3.05) is 0 Å². The molecule has 3 nitrogen and oxygen atoms in total. The molecule has 84 valence electrons. The van der Waals surface area contributed by atoms with Gasteiger partial charge in [0.25, 0.3) is 0 Å². The van der Waals surface area contributed by atoms with Crippen LogP contribution in [0.2, 0.25) is 0 Å². The van der Waals surface area contributed by atoms with E-state index < -0.39 is 0 Å². The third-order valence-corrected chi connectivity index (χ3v) is 2.91. The van der Waals surface area contributed by atoms with Crippen molar-refractivity contribution in [2.24, 2.45) is 5.92 Å². The number of hydrogen-bond donors (Lipinski definition) is 2. The normalized spacial score (nSPS) is 18.7. The van der Waals surface area contributed by atoms with E-state index in [1.54, 1.807) is 13.0 Å². The summed E-state index contributed by atoms with van der Waals surface area (Å²) in [5.41, 5.74) is 1.11. The standard InChI is InChI=1S/C12H18O3/c1-8(9(2)13)3-4-10-5-6-11(14)12(15)7-10/h7-8,14-15H,3-6H2,1-2H3/t8-/m0/s1. The SMILES string of the molecule is CC(=O)[C@@H](C)CCC1=CC(O)=C(O)CC1. The summed E-state index contributed by atoms with van der Waals surface area (Å²) in [5.74, 6) is 0.326. The molecule has 1 aliphatic rings. The van der Waals surface area contributed by atoms with Gasteiger partial charge in [-0.2, -0.15) is 0 Å². The summed E-state index contributed by atoms with van der Waals surface area (Å²) in [6, 6.07) is 0. The van der Waals surface area contributed by atoms with Crippen LogP contribution in [0.5, 0.6) is 0 Å². The zero-order valence-electron chi connectivity index (χ0n) is 9.29. The van der Waals surface area contributed by atoms with E-state index in [1.165, 1.54) is 0 Å². The van der Waals surface area contributed by atoms with Crippen molar-refractivity contribution >= 4 is 5.78 Å². The predicted molar refractivity (Wildman–Crippen MR) is 58.7 cm³/mol. The minimum atomic E-state index is -0.0215. The van der Waals surface area contributed by atoms with Crippen molar-refractivity contribution in [3.63, 3.8) is 0 Å². The largest absolute Gasteiger partial charge is 0.508 e. The maximum Gasteiger partial charge on any atom is 0.152 e. The van der Waals surface area contributed by atoms with Gasteiger partial charge < -0.3 is 10.2 Å². The maximum absolute atomic E-state index is 11.0. The lowest BCUT2D eigenvalue weighted by atomic mass is 9.93. The quantitative estimate of drug-likeness (QED) is 0.749. The van der Waals surface area contributed by atoms with Crippen molar-refractivity contribution in [3.05, 3.63) is 23.2 Å². The third-order valence-electron chi connectivity index (χ3n) is 2.91. The Kier molecular flexibility index (Phi) is 3.95. The fourth-order valence-electron chi connectivity index (χ4n) is 1.56. The molecule has 3 heteroatoms. The molecule has 0 unspecified atom stereocenters. The van der Waals surface area contributed by atoms with Crippen LogP contribution in [0.4, 0.5) is 0 Å². The number of aliphatic hydroxyl groups is 2. The van der Waals surface area contributed by atoms with Crippen LogP contribution < -0.4 is 0 Å². The Labute approximate surface area is 90.1 Å². The van der Waals surface area contributed by atoms with Gasteiger partial charge in [-0.1, -0.05) is 12.5 Å². The van der Waals surface area contributed by atoms with Crippen LogP contribution >= 0.6 is 0 Å². The van der Waals surface area contributed by atoms with E-state index in [-0.39, 0.29) is 23.2 Å². The van der Waals surface area contributed by atoms with Gasteiger partial charge in [0.15, 0.2) is 5.76 Å². The van der Waals surface area contributed by atoms with E-state index in [9.17, 15) is 15.0 Å². The summed E-state index contributed by atoms with van der Waals surface area (Å²) in [6.45, 7) is 3.52. The van der Waals surface area contributed by atoms with Gasteiger partial charge in [-0.3, -0.25) is 4.79 Å². The molecule has 0 aromatic carbocycles. The zero-order valence-corrected chi connectivity index (χ0v) is 9.29. The Morgan fingerprint density at radius 1 is 1.47 bits per heavy atom. The molecular formula is C12H18O3. The van der Waals surface area contributed by atoms with Gasteiger partial charge in [0.1, 0.15) is 11.5 Å². The van der Waals surface area contributed by atoms with Crippen molar-refractivity contribution < 1.29 is 15.0 Å². The second-order valence-corrected chi connectivity index (χ2v) is 4.18. The van der Waals surface area contributed by atoms with E-state index in [4.69, 9.17) is 0 Å². The minimum absolute atomic E-state index is 0.0215. The highest BCUT2D eigenvalue weighted by molar-refractivity contribution is 5.77. The summed E-state index contributed by atoms with van der Waals surface area (Å²) < 4.78 is 0. The highest BCUT2D eigenvalue weighted by atomic mass is 16.3. The lowest BCUT2D eigenvalue weighted by Crippen LogP contribution is -2.07. The van der Waals surface area contributed by atoms with E-state index in [0.29, 0.717) is 6.42 Å². The fraction of sp³-hybridized carbons (Fsp3) is 0.583. The second-order valence-electron chi connectivity index (χ2n) is 4.18. The molecule has 0 saturated carbocycles. The summed E-state index contributed by atoms with van der Waals surface area (Å²) in [6.07, 6.45) is 4.53. The molecule has 15 heavy (non-hydrogen) atoms. The second kappa shape index (κ2) is 5.01. The van der Waals surface area contributed by atoms with E-state index in [0.717, 1.165) is 24.8 Å². The molecule has 0 spiro atoms. The number of allylic oxidation sites excluding steroid dienone is 3. The highest BCUT2D eigenvalue weighted by Crippen LogP contribution is 2.25. The maximum atomic E-state index is 11.0. The molecule has 0 aromatic rings. The first-order valence-electron chi connectivity index (χ1n) is 5.31. The van der Waals surface area contributed by atoms with Crippen LogP contribution in [0, 0.1) is 5.92 Å². The Morgan fingerprint density at radius 3 is 2.67 bits per heavy atom. The first kappa shape index (κ1) is 11.8. The number of aliphatic hydroxyl groups excluding tert-OH is 2. The van der Waals surface area contributed by atoms with Crippen LogP contribution in [0.3, 0.4) is 0 Å². The molecule has 0 saturated heterocycles. The van der Waals surface area contributed by atoms with Crippen molar-refractivity contribution in [1.82, 2.24) is 0 Å². The highest BCUT2D eigenvalue weighted by Gasteiger charge is 2.13. The number of ketones is 1. The summed E-state index contributed by atoms with van der Waals surface area (Å²) in [7, 11) is 0. The van der Waals surface area contributed by atoms with Crippen molar-refractivity contribution in [3.8, 4) is 0 Å². The molecule has 0 aromatic heterocycles. The first-order valence-corrected chi connectivity index (χ1v) is 5.31. The summed E-state index contributed by atoms with van der Waals surface area (Å²) >= 11 is 0. The molecule has 1 aliphatic carbocycles. The summed E-state index contributed by atoms with van der Waals surface area (Å²) in [4.78, 5) is 11.0. The van der Waals surface area contributed by atoms with Crippen LogP contribution in [0.1, 0.15) is 39.5 Å². The number of carbonyl (C=O) groups is 1. The van der Waals surface area contributed by atoms with Gasteiger partial charge >= 0.3 is 0 Å². The van der Waals surface area contributed by atoms with Crippen LogP contribution in [-0.4, -0.2) is 16.0 Å². The van der Waals surface area contributed by atoms with Gasteiger partial charge in [0.05, 0.1) is 0 Å². The number of rotatable bonds is 4. The molecule has 1 rings (SSSR count). The van der Waals surface area contributed by atoms with Crippen molar-refractivity contribution in [1.29, 1.82) is 0 Å². The average Bonchev–Trinajstić information content (AvgIpc) is 2.19. The molecule has 0 amide bonds. The van der Waals surface area contributed by atoms with Gasteiger partial charge in [-0.05, 0) is 32.3 Å². The zero-order chi connectivity index (χ0) is 11.4. The molecule has 0 bridgehead atoms. The molecule has 0 radical (unpaired) electrons. The van der Waals surface area contributed by atoms with Crippen LogP contribution in [0.15, 0.2) is 23.2 Å². The molecule has 1 atom stereocenters. The molecular weight excluding hydrogens is 192 g/mol. The van der Waals surface area contributed by atoms with Gasteiger partial charge in [0.2, 0.25) is 0 Å². The van der Waals surface area contributed by atoms with Gasteiger partial charge in [0, 0.05) is 12.3 Å². The Hall–Kier alpha value is -1.25. The topological polar surface area (TPSA) is 57.5 Å². The predicted octanol–water partition coefficient (Wildman–Crippen LogP) is 3.04. The number of Topliss-reactive ketones (excluding diaryl/α,β-unsaturated/α-hetero) is 1. The van der Waals surface area contributed by atoms with Gasteiger partial charge in [-0.15, -0.1) is 0 Å². The number of carbonyl (C=O) groups excluding carboxylic acids is 1. The molecule has 0 heterocycles. The van der Waals surface area contributed by atoms with Crippen molar-refractivity contribution in [2.45, 2.75) is 39.5 Å². The van der Waals surface area contributed by atoms with Crippen LogP contribution in [0.25, 0.3) is 0 Å². The minimum Gasteiger partial charge on any atom is -0.508 e. The number of hydrogen-bond acceptors (Lipinski definition) is 3. The van der Waals surface area contributed by atoms with E-state index >= 15 is 0 Å². The smallest absolute Gasteiger partial charge is 0.152 e. The lowest BCUT2D eigenvalue weighted by molar-refractivity contribution is -0.120. The lowest BCUT2D eigenvalue weighted by Gasteiger charge is -2.14. The van der Waals surface area contributed by atoms with Crippen LogP contribution in [-0.2, 0) is 4.79 Å². The monoisotopic (exact) mass is 210 g/mol. The Balaban J connectivity index is 2.47. The molecule has 2 N–H and O–H groups in total.